The van der Waals surface area contributed by atoms with Gasteiger partial charge in [0.1, 0.15) is 0 Å². The average Bonchev–Trinajstić information content (AvgIpc) is 3.25. The first kappa shape index (κ1) is 18.4. The van der Waals surface area contributed by atoms with Crippen LogP contribution in [-0.2, 0) is 6.42 Å². The zero-order chi connectivity index (χ0) is 21.8. The lowest BCUT2D eigenvalue weighted by Crippen LogP contribution is -1.85. The minimum Gasteiger partial charge on any atom is -0.0616 e. The molecule has 0 bridgehead atoms. The Morgan fingerprint density at radius 3 is 1.33 bits per heavy atom. The second kappa shape index (κ2) is 7.18. The summed E-state index contributed by atoms with van der Waals surface area (Å²) >= 11 is 0. The van der Waals surface area contributed by atoms with E-state index in [4.69, 9.17) is 0 Å². The van der Waals surface area contributed by atoms with Crippen LogP contribution in [0.3, 0.4) is 0 Å². The second-order valence-electron chi connectivity index (χ2n) is 8.97. The molecule has 6 aromatic carbocycles. The van der Waals surface area contributed by atoms with Crippen molar-refractivity contribution in [1.29, 1.82) is 0 Å². The second-order valence-corrected chi connectivity index (χ2v) is 8.97. The summed E-state index contributed by atoms with van der Waals surface area (Å²) in [5.41, 5.74) is 10.8. The number of hydrogen-bond acceptors (Lipinski definition) is 0. The first-order valence-corrected chi connectivity index (χ1v) is 11.6. The highest BCUT2D eigenvalue weighted by atomic mass is 14.2. The Balaban J connectivity index is 1.39. The summed E-state index contributed by atoms with van der Waals surface area (Å²) in [5.74, 6) is 0. The summed E-state index contributed by atoms with van der Waals surface area (Å²) in [6, 6.07) is 44.5. The van der Waals surface area contributed by atoms with Gasteiger partial charge >= 0.3 is 0 Å². The Morgan fingerprint density at radius 2 is 0.818 bits per heavy atom. The molecule has 0 aromatic heterocycles. The Hall–Kier alpha value is -4.16. The van der Waals surface area contributed by atoms with Crippen LogP contribution in [-0.4, -0.2) is 0 Å². The van der Waals surface area contributed by atoms with Crippen LogP contribution in [0.25, 0.3) is 54.9 Å². The van der Waals surface area contributed by atoms with Gasteiger partial charge < -0.3 is 0 Å². The van der Waals surface area contributed by atoms with E-state index < -0.39 is 0 Å². The van der Waals surface area contributed by atoms with Gasteiger partial charge in [0.2, 0.25) is 0 Å². The summed E-state index contributed by atoms with van der Waals surface area (Å²) in [6.45, 7) is 0. The van der Waals surface area contributed by atoms with Gasteiger partial charge in [-0.25, -0.2) is 0 Å². The van der Waals surface area contributed by atoms with Crippen molar-refractivity contribution in [3.05, 3.63) is 132 Å². The fourth-order valence-corrected chi connectivity index (χ4v) is 5.46. The van der Waals surface area contributed by atoms with E-state index in [9.17, 15) is 0 Å². The molecule has 0 N–H and O–H groups in total. The fourth-order valence-electron chi connectivity index (χ4n) is 5.46. The summed E-state index contributed by atoms with van der Waals surface area (Å²) in [7, 11) is 0. The monoisotopic (exact) mass is 418 g/mol. The van der Waals surface area contributed by atoms with Crippen LogP contribution in [0, 0.1) is 0 Å². The quantitative estimate of drug-likeness (QED) is 0.263. The molecule has 1 aliphatic rings. The van der Waals surface area contributed by atoms with Gasteiger partial charge in [0, 0.05) is 0 Å². The molecule has 1 aliphatic carbocycles. The molecule has 0 heterocycles. The SMILES string of the molecule is c1ccc2c(-c3ccc4c(c3)-c3cc(-c5cccc6ccccc56)ccc3C4)cccc2c1. The first-order valence-electron chi connectivity index (χ1n) is 11.6. The molecule has 33 heavy (non-hydrogen) atoms. The molecule has 0 amide bonds. The van der Waals surface area contributed by atoms with Crippen molar-refractivity contribution >= 4 is 21.5 Å². The Labute approximate surface area is 193 Å². The summed E-state index contributed by atoms with van der Waals surface area (Å²) < 4.78 is 0. The predicted octanol–water partition coefficient (Wildman–Crippen LogP) is 8.90. The predicted molar refractivity (Wildman–Crippen MR) is 141 cm³/mol. The van der Waals surface area contributed by atoms with E-state index in [-0.39, 0.29) is 0 Å². The van der Waals surface area contributed by atoms with Gasteiger partial charge in [0.05, 0.1) is 0 Å². The van der Waals surface area contributed by atoms with Gasteiger partial charge in [-0.05, 0) is 84.6 Å². The lowest BCUT2D eigenvalue weighted by atomic mass is 9.93. The molecule has 0 saturated carbocycles. The fraction of sp³-hybridized carbons (Fsp3) is 0.0303. The number of fused-ring (bicyclic) bond motifs is 5. The molecule has 7 rings (SSSR count). The smallest absolute Gasteiger partial charge is 0.00134 e. The maximum Gasteiger partial charge on any atom is -0.00134 e. The summed E-state index contributed by atoms with van der Waals surface area (Å²) in [4.78, 5) is 0. The van der Waals surface area contributed by atoms with Gasteiger partial charge in [-0.2, -0.15) is 0 Å². The summed E-state index contributed by atoms with van der Waals surface area (Å²) in [5, 5.41) is 5.19. The average molecular weight is 419 g/mol. The van der Waals surface area contributed by atoms with E-state index in [1.54, 1.807) is 0 Å². The lowest BCUT2D eigenvalue weighted by molar-refractivity contribution is 1.26. The van der Waals surface area contributed by atoms with Crippen LogP contribution in [0.4, 0.5) is 0 Å². The van der Waals surface area contributed by atoms with Gasteiger partial charge in [-0.1, -0.05) is 109 Å². The Morgan fingerprint density at radius 1 is 0.364 bits per heavy atom. The van der Waals surface area contributed by atoms with Crippen molar-refractivity contribution in [2.75, 3.05) is 0 Å². The zero-order valence-corrected chi connectivity index (χ0v) is 18.3. The largest absolute Gasteiger partial charge is 0.0616 e. The van der Waals surface area contributed by atoms with Gasteiger partial charge in [-0.3, -0.25) is 0 Å². The van der Waals surface area contributed by atoms with E-state index in [1.807, 2.05) is 0 Å². The van der Waals surface area contributed by atoms with Crippen LogP contribution in [0.5, 0.6) is 0 Å². The van der Waals surface area contributed by atoms with E-state index in [2.05, 4.69) is 121 Å². The van der Waals surface area contributed by atoms with Crippen LogP contribution in [0.2, 0.25) is 0 Å². The van der Waals surface area contributed by atoms with Crippen molar-refractivity contribution in [2.45, 2.75) is 6.42 Å². The standard InChI is InChI=1S/C33H22/c1-3-11-28-22(7-1)9-5-13-30(28)26-17-15-24-19-25-16-18-27(21-33(25)32(24)20-26)31-14-6-10-23-8-2-4-12-29(23)31/h1-18,20-21H,19H2. The topological polar surface area (TPSA) is 0 Å². The number of rotatable bonds is 2. The molecule has 0 unspecified atom stereocenters. The maximum absolute atomic E-state index is 2.40. The summed E-state index contributed by atoms with van der Waals surface area (Å²) in [6.07, 6.45) is 1.01. The Bertz CT molecular complexity index is 1550. The first-order chi connectivity index (χ1) is 16.3. The molecule has 0 saturated heterocycles. The third-order valence-electron chi connectivity index (χ3n) is 7.09. The third-order valence-corrected chi connectivity index (χ3v) is 7.09. The van der Waals surface area contributed by atoms with Crippen LogP contribution < -0.4 is 0 Å². The van der Waals surface area contributed by atoms with Gasteiger partial charge in [0.15, 0.2) is 0 Å². The van der Waals surface area contributed by atoms with Crippen molar-refractivity contribution < 1.29 is 0 Å². The van der Waals surface area contributed by atoms with E-state index in [0.717, 1.165) is 6.42 Å². The molecule has 0 fully saturated rings. The normalized spacial score (nSPS) is 12.1. The molecular formula is C33H22. The maximum atomic E-state index is 2.40. The third kappa shape index (κ3) is 2.92. The van der Waals surface area contributed by atoms with Crippen molar-refractivity contribution in [2.24, 2.45) is 0 Å². The van der Waals surface area contributed by atoms with Crippen molar-refractivity contribution in [3.8, 4) is 33.4 Å². The minimum atomic E-state index is 1.01. The highest BCUT2D eigenvalue weighted by Crippen LogP contribution is 2.42. The number of benzene rings is 6. The minimum absolute atomic E-state index is 1.01. The molecule has 0 aliphatic heterocycles. The Kier molecular flexibility index (Phi) is 4.01. The molecular weight excluding hydrogens is 396 g/mol. The van der Waals surface area contributed by atoms with Crippen molar-refractivity contribution in [1.82, 2.24) is 0 Å². The zero-order valence-electron chi connectivity index (χ0n) is 18.3. The van der Waals surface area contributed by atoms with E-state index >= 15 is 0 Å². The van der Waals surface area contributed by atoms with Gasteiger partial charge in [0.25, 0.3) is 0 Å². The van der Waals surface area contributed by atoms with E-state index in [1.165, 1.54) is 66.1 Å². The highest BCUT2D eigenvalue weighted by molar-refractivity contribution is 5.99. The molecule has 0 atom stereocenters. The van der Waals surface area contributed by atoms with Crippen LogP contribution >= 0.6 is 0 Å². The lowest BCUT2D eigenvalue weighted by Gasteiger charge is -2.11. The number of hydrogen-bond donors (Lipinski definition) is 0. The van der Waals surface area contributed by atoms with Gasteiger partial charge in [-0.15, -0.1) is 0 Å². The van der Waals surface area contributed by atoms with Crippen LogP contribution in [0.1, 0.15) is 11.1 Å². The van der Waals surface area contributed by atoms with E-state index in [0.29, 0.717) is 0 Å². The van der Waals surface area contributed by atoms with Crippen LogP contribution in [0.15, 0.2) is 121 Å². The molecule has 0 spiro atoms. The molecule has 0 nitrogen and oxygen atoms in total. The molecule has 6 aromatic rings. The highest BCUT2D eigenvalue weighted by Gasteiger charge is 2.20. The molecule has 0 radical (unpaired) electrons. The molecule has 154 valence electrons. The van der Waals surface area contributed by atoms with Crippen molar-refractivity contribution in [3.63, 3.8) is 0 Å². The molecule has 0 heteroatoms.